The van der Waals surface area contributed by atoms with Gasteiger partial charge in [-0.1, -0.05) is 0 Å². The molecular formula is C7H7F6N2OSb. The Morgan fingerprint density at radius 2 is 1.35 bits per heavy atom. The number of benzene rings is 1. The van der Waals surface area contributed by atoms with Crippen LogP contribution in [0.5, 0.6) is 5.75 Å². The van der Waals surface area contributed by atoms with Gasteiger partial charge >= 0.3 is 42.0 Å². The minimum atomic E-state index is -11.2. The molecule has 1 rings (SSSR count). The molecule has 0 saturated carbocycles. The Morgan fingerprint density at radius 3 is 1.59 bits per heavy atom. The molecule has 0 aliphatic rings. The molecule has 0 aliphatic heterocycles. The van der Waals surface area contributed by atoms with Crippen molar-refractivity contribution in [3.8, 4) is 5.75 Å². The standard InChI is InChI=1S/C7H7N2O.6FH.Sb/c1-10-7-4-2-6(9-8)3-5-7;;;;;;;/h2-5H,1H3;6*1H;/q+1;;;;;;;+5/p-6. The molecule has 0 fully saturated rings. The van der Waals surface area contributed by atoms with Crippen molar-refractivity contribution in [3.63, 3.8) is 0 Å². The number of nitrogens with zero attached hydrogens (tertiary/aromatic N) is 2. The van der Waals surface area contributed by atoms with Crippen LogP contribution in [0.25, 0.3) is 4.98 Å². The van der Waals surface area contributed by atoms with E-state index in [0.29, 0.717) is 5.69 Å². The molecule has 98 valence electrons. The first kappa shape index (κ1) is 15.8. The zero-order valence-corrected chi connectivity index (χ0v) is 10.9. The Hall–Kier alpha value is -1.16. The van der Waals surface area contributed by atoms with Crippen molar-refractivity contribution in [2.45, 2.75) is 0 Å². The maximum absolute atomic E-state index is 11.2. The summed E-state index contributed by atoms with van der Waals surface area (Å²) in [7, 11) is 1.59. The molecule has 3 nitrogen and oxygen atoms in total. The van der Waals surface area contributed by atoms with Crippen molar-refractivity contribution in [3.05, 3.63) is 29.2 Å². The second kappa shape index (κ2) is 4.26. The molecule has 0 amide bonds. The summed E-state index contributed by atoms with van der Waals surface area (Å²) >= 11 is -11.2. The minimum absolute atomic E-state index is 0.529. The molecule has 1 aromatic carbocycles. The second-order valence-corrected chi connectivity index (χ2v) is 8.23. The van der Waals surface area contributed by atoms with Crippen LogP contribution in [0.4, 0.5) is 22.6 Å². The van der Waals surface area contributed by atoms with E-state index < -0.39 is 19.5 Å². The first-order valence-corrected chi connectivity index (χ1v) is 9.66. The van der Waals surface area contributed by atoms with E-state index in [2.05, 4.69) is 4.98 Å². The molecule has 0 N–H and O–H groups in total. The number of hydrogen-bond donors (Lipinski definition) is 0. The summed E-state index contributed by atoms with van der Waals surface area (Å²) in [4.78, 5) is 2.99. The van der Waals surface area contributed by atoms with Crippen molar-refractivity contribution in [2.24, 2.45) is 0 Å². The van der Waals surface area contributed by atoms with E-state index in [1.807, 2.05) is 0 Å². The van der Waals surface area contributed by atoms with Crippen molar-refractivity contribution in [2.75, 3.05) is 7.11 Å². The van der Waals surface area contributed by atoms with Gasteiger partial charge in [0.15, 0.2) is 4.98 Å². The molecule has 0 spiro atoms. The van der Waals surface area contributed by atoms with Crippen LogP contribution in [0.2, 0.25) is 0 Å². The molecule has 0 radical (unpaired) electrons. The normalized spacial score (nSPS) is 14.5. The number of diazo groups is 1. The predicted molar refractivity (Wildman–Crippen MR) is 50.1 cm³/mol. The number of rotatable bonds is 1. The van der Waals surface area contributed by atoms with Crippen molar-refractivity contribution >= 4 is 25.2 Å². The van der Waals surface area contributed by atoms with Crippen LogP contribution in [0.1, 0.15) is 0 Å². The van der Waals surface area contributed by atoms with E-state index in [4.69, 9.17) is 10.1 Å². The Labute approximate surface area is 94.5 Å². The summed E-state index contributed by atoms with van der Waals surface area (Å²) in [5.74, 6) is 0.757. The third-order valence-corrected chi connectivity index (χ3v) is 1.19. The average Bonchev–Trinajstić information content (AvgIpc) is 2.13. The molecule has 0 aromatic heterocycles. The van der Waals surface area contributed by atoms with Crippen LogP contribution in [-0.2, 0) is 0 Å². The van der Waals surface area contributed by atoms with Gasteiger partial charge < -0.3 is 4.74 Å². The Morgan fingerprint density at radius 1 is 1.00 bits per heavy atom. The van der Waals surface area contributed by atoms with Crippen molar-refractivity contribution in [1.29, 1.82) is 5.39 Å². The Balaban J connectivity index is 0.000000325. The summed E-state index contributed by atoms with van der Waals surface area (Å²) < 4.78 is 64.4. The quantitative estimate of drug-likeness (QED) is 0.419. The summed E-state index contributed by atoms with van der Waals surface area (Å²) in [5, 5.41) is 8.29. The molecule has 0 aliphatic carbocycles. The van der Waals surface area contributed by atoms with E-state index in [1.165, 1.54) is 0 Å². The van der Waals surface area contributed by atoms with Gasteiger partial charge in [0.1, 0.15) is 5.75 Å². The fraction of sp³-hybridized carbons (Fsp3) is 0.143. The van der Waals surface area contributed by atoms with Gasteiger partial charge in [-0.05, 0) is 12.1 Å². The van der Waals surface area contributed by atoms with Gasteiger partial charge in [-0.15, -0.1) is 0 Å². The van der Waals surface area contributed by atoms with E-state index in [9.17, 15) is 16.9 Å². The zero-order valence-electron chi connectivity index (χ0n) is 8.33. The van der Waals surface area contributed by atoms with Gasteiger partial charge in [0.05, 0.1) is 7.11 Å². The summed E-state index contributed by atoms with van der Waals surface area (Å²) in [5.41, 5.74) is 0.529. The van der Waals surface area contributed by atoms with Crippen LogP contribution in [-0.4, -0.2) is 26.6 Å². The monoisotopic (exact) mass is 370 g/mol. The third-order valence-electron chi connectivity index (χ3n) is 1.19. The SMILES string of the molecule is COc1ccc([N+]#N)cc1.[F][Sb-]([F])([F])([F])([F])[F]. The average molecular weight is 371 g/mol. The maximum atomic E-state index is 9.93. The van der Waals surface area contributed by atoms with Crippen molar-refractivity contribution < 1.29 is 21.6 Å². The van der Waals surface area contributed by atoms with E-state index in [1.54, 1.807) is 31.4 Å². The van der Waals surface area contributed by atoms with Gasteiger partial charge in [0.25, 0.3) is 0 Å². The Bertz CT molecular complexity index is 408. The van der Waals surface area contributed by atoms with Crippen LogP contribution in [0, 0.1) is 5.39 Å². The molecular weight excluding hydrogens is 364 g/mol. The molecule has 17 heavy (non-hydrogen) atoms. The first-order chi connectivity index (χ1) is 7.31. The van der Waals surface area contributed by atoms with Crippen LogP contribution < -0.4 is 4.74 Å². The van der Waals surface area contributed by atoms with Gasteiger partial charge in [-0.3, -0.25) is 0 Å². The van der Waals surface area contributed by atoms with Crippen LogP contribution in [0.15, 0.2) is 24.3 Å². The number of methoxy groups -OCH3 is 1. The van der Waals surface area contributed by atoms with Gasteiger partial charge in [-0.25, -0.2) is 0 Å². The number of halogens is 6. The van der Waals surface area contributed by atoms with Gasteiger partial charge in [-0.2, -0.15) is 0 Å². The summed E-state index contributed by atoms with van der Waals surface area (Å²) in [6, 6.07) is 6.79. The molecule has 0 saturated heterocycles. The molecule has 0 bridgehead atoms. The van der Waals surface area contributed by atoms with Crippen molar-refractivity contribution in [1.82, 2.24) is 0 Å². The first-order valence-electron chi connectivity index (χ1n) is 3.87. The van der Waals surface area contributed by atoms with Gasteiger partial charge in [0, 0.05) is 12.1 Å². The fourth-order valence-corrected chi connectivity index (χ4v) is 0.649. The molecule has 0 unspecified atom stereocenters. The number of ether oxygens (including phenoxy) is 1. The predicted octanol–water partition coefficient (Wildman–Crippen LogP) is 4.32. The number of hydrogen-bond acceptors (Lipinski definition) is 2. The molecule has 0 atom stereocenters. The second-order valence-electron chi connectivity index (χ2n) is 2.76. The third kappa shape index (κ3) is 14.8. The van der Waals surface area contributed by atoms with E-state index in [-0.39, 0.29) is 0 Å². The Kier molecular flexibility index (Phi) is 3.97. The van der Waals surface area contributed by atoms with Crippen LogP contribution in [0.3, 0.4) is 0 Å². The summed E-state index contributed by atoms with van der Waals surface area (Å²) in [6.07, 6.45) is 0. The summed E-state index contributed by atoms with van der Waals surface area (Å²) in [6.45, 7) is 0. The molecule has 0 heterocycles. The van der Waals surface area contributed by atoms with E-state index >= 15 is 0 Å². The van der Waals surface area contributed by atoms with Crippen LogP contribution >= 0.6 is 0 Å². The topological polar surface area (TPSA) is 37.4 Å². The van der Waals surface area contributed by atoms with E-state index in [0.717, 1.165) is 5.75 Å². The molecule has 10 heteroatoms. The molecule has 1 aromatic rings. The van der Waals surface area contributed by atoms with Gasteiger partial charge in [0.2, 0.25) is 5.39 Å². The zero-order chi connectivity index (χ0) is 13.8. The fourth-order valence-electron chi connectivity index (χ4n) is 0.649.